The number of hydrogen-bond donors (Lipinski definition) is 2. The highest BCUT2D eigenvalue weighted by molar-refractivity contribution is 9.10. The summed E-state index contributed by atoms with van der Waals surface area (Å²) < 4.78 is 11.0. The minimum Gasteiger partial charge on any atom is -0.493 e. The van der Waals surface area contributed by atoms with Crippen molar-refractivity contribution in [3.05, 3.63) is 52.5 Å². The molecule has 23 heavy (non-hydrogen) atoms. The maximum Gasteiger partial charge on any atom is 0.335 e. The third-order valence-electron chi connectivity index (χ3n) is 2.88. The molecule has 0 aliphatic rings. The molecular formula is C16H14BrNO5. The number of amides is 1. The predicted molar refractivity (Wildman–Crippen MR) is 88.2 cm³/mol. The summed E-state index contributed by atoms with van der Waals surface area (Å²) in [5.74, 6) is -0.935. The summed E-state index contributed by atoms with van der Waals surface area (Å²) in [5, 5.41) is 11.7. The number of anilines is 1. The molecule has 0 unspecified atom stereocenters. The van der Waals surface area contributed by atoms with E-state index in [2.05, 4.69) is 21.2 Å². The number of para-hydroxylation sites is 1. The summed E-state index contributed by atoms with van der Waals surface area (Å²) in [5.41, 5.74) is 0.711. The minimum absolute atomic E-state index is 0.0508. The van der Waals surface area contributed by atoms with E-state index < -0.39 is 5.97 Å². The van der Waals surface area contributed by atoms with E-state index in [0.717, 1.165) is 0 Å². The van der Waals surface area contributed by atoms with Gasteiger partial charge in [-0.3, -0.25) is 4.79 Å². The van der Waals surface area contributed by atoms with E-state index in [0.29, 0.717) is 10.2 Å². The van der Waals surface area contributed by atoms with Crippen molar-refractivity contribution in [3.63, 3.8) is 0 Å². The van der Waals surface area contributed by atoms with Gasteiger partial charge in [0.05, 0.1) is 17.1 Å². The van der Waals surface area contributed by atoms with Gasteiger partial charge in [-0.1, -0.05) is 18.2 Å². The van der Waals surface area contributed by atoms with Gasteiger partial charge < -0.3 is 19.9 Å². The molecular weight excluding hydrogens is 366 g/mol. The van der Waals surface area contributed by atoms with Crippen LogP contribution in [0.3, 0.4) is 0 Å². The van der Waals surface area contributed by atoms with Crippen molar-refractivity contribution in [2.24, 2.45) is 0 Å². The second-order valence-electron chi connectivity index (χ2n) is 4.50. The molecule has 0 saturated heterocycles. The van der Waals surface area contributed by atoms with Crippen molar-refractivity contribution < 1.29 is 24.2 Å². The number of ether oxygens (including phenoxy) is 2. The molecule has 2 aromatic carbocycles. The van der Waals surface area contributed by atoms with Gasteiger partial charge in [-0.15, -0.1) is 0 Å². The number of methoxy groups -OCH3 is 1. The third kappa shape index (κ3) is 4.46. The van der Waals surface area contributed by atoms with Crippen LogP contribution in [0.1, 0.15) is 10.4 Å². The monoisotopic (exact) mass is 379 g/mol. The van der Waals surface area contributed by atoms with Crippen LogP contribution in [0, 0.1) is 0 Å². The molecule has 0 saturated carbocycles. The average Bonchev–Trinajstić information content (AvgIpc) is 2.53. The highest BCUT2D eigenvalue weighted by atomic mass is 79.9. The molecule has 0 aliphatic heterocycles. The molecule has 2 aromatic rings. The van der Waals surface area contributed by atoms with Crippen LogP contribution < -0.4 is 14.8 Å². The first kappa shape index (κ1) is 16.8. The van der Waals surface area contributed by atoms with Crippen LogP contribution in [0.5, 0.6) is 11.5 Å². The van der Waals surface area contributed by atoms with Crippen LogP contribution >= 0.6 is 15.9 Å². The van der Waals surface area contributed by atoms with E-state index in [1.54, 1.807) is 24.3 Å². The SMILES string of the molecule is COc1cc(C(=O)O)cc(Br)c1OCC(=O)Nc1ccccc1. The topological polar surface area (TPSA) is 84.9 Å². The zero-order chi connectivity index (χ0) is 16.8. The number of rotatable bonds is 6. The molecule has 2 N–H and O–H groups in total. The number of benzene rings is 2. The van der Waals surface area contributed by atoms with Gasteiger partial charge in [0, 0.05) is 5.69 Å². The molecule has 0 bridgehead atoms. The van der Waals surface area contributed by atoms with Gasteiger partial charge in [0.1, 0.15) is 0 Å². The van der Waals surface area contributed by atoms with Crippen LogP contribution in [0.4, 0.5) is 5.69 Å². The molecule has 0 aromatic heterocycles. The molecule has 2 rings (SSSR count). The lowest BCUT2D eigenvalue weighted by atomic mass is 10.2. The summed E-state index contributed by atoms with van der Waals surface area (Å²) in [6.07, 6.45) is 0. The second-order valence-corrected chi connectivity index (χ2v) is 5.35. The van der Waals surface area contributed by atoms with Gasteiger partial charge in [0.2, 0.25) is 0 Å². The fraction of sp³-hybridized carbons (Fsp3) is 0.125. The molecule has 6 nitrogen and oxygen atoms in total. The van der Waals surface area contributed by atoms with Crippen LogP contribution in [-0.2, 0) is 4.79 Å². The summed E-state index contributed by atoms with van der Waals surface area (Å²) in [6, 6.07) is 11.7. The van der Waals surface area contributed by atoms with Crippen molar-refractivity contribution in [2.45, 2.75) is 0 Å². The minimum atomic E-state index is -1.09. The summed E-state index contributed by atoms with van der Waals surface area (Å²) in [7, 11) is 1.39. The zero-order valence-corrected chi connectivity index (χ0v) is 13.8. The van der Waals surface area contributed by atoms with Gasteiger partial charge in [-0.2, -0.15) is 0 Å². The number of halogens is 1. The van der Waals surface area contributed by atoms with Gasteiger partial charge >= 0.3 is 5.97 Å². The Morgan fingerprint density at radius 2 is 1.91 bits per heavy atom. The lowest BCUT2D eigenvalue weighted by Gasteiger charge is -2.13. The Kier molecular flexibility index (Phi) is 5.59. The zero-order valence-electron chi connectivity index (χ0n) is 12.2. The third-order valence-corrected chi connectivity index (χ3v) is 3.47. The van der Waals surface area contributed by atoms with E-state index >= 15 is 0 Å². The number of aromatic carboxylic acids is 1. The fourth-order valence-corrected chi connectivity index (χ4v) is 2.40. The van der Waals surface area contributed by atoms with Crippen molar-refractivity contribution in [1.82, 2.24) is 0 Å². The van der Waals surface area contributed by atoms with E-state index in [4.69, 9.17) is 14.6 Å². The number of carbonyl (C=O) groups excluding carboxylic acids is 1. The largest absolute Gasteiger partial charge is 0.493 e. The quantitative estimate of drug-likeness (QED) is 0.804. The molecule has 0 radical (unpaired) electrons. The van der Waals surface area contributed by atoms with Crippen LogP contribution in [-0.4, -0.2) is 30.7 Å². The van der Waals surface area contributed by atoms with Crippen LogP contribution in [0.25, 0.3) is 0 Å². The maximum atomic E-state index is 11.9. The maximum absolute atomic E-state index is 11.9. The molecule has 7 heteroatoms. The molecule has 120 valence electrons. The second kappa shape index (κ2) is 7.64. The summed E-state index contributed by atoms with van der Waals surface area (Å²) >= 11 is 3.22. The van der Waals surface area contributed by atoms with E-state index in [1.165, 1.54) is 19.2 Å². The highest BCUT2D eigenvalue weighted by Crippen LogP contribution is 2.36. The molecule has 0 atom stereocenters. The molecule has 0 spiro atoms. The lowest BCUT2D eigenvalue weighted by Crippen LogP contribution is -2.20. The van der Waals surface area contributed by atoms with Gasteiger partial charge in [-0.25, -0.2) is 4.79 Å². The Balaban J connectivity index is 2.08. The van der Waals surface area contributed by atoms with Crippen molar-refractivity contribution in [3.8, 4) is 11.5 Å². The van der Waals surface area contributed by atoms with Gasteiger partial charge in [0.15, 0.2) is 18.1 Å². The highest BCUT2D eigenvalue weighted by Gasteiger charge is 2.16. The van der Waals surface area contributed by atoms with Gasteiger partial charge in [0.25, 0.3) is 5.91 Å². The number of carbonyl (C=O) groups is 2. The predicted octanol–water partition coefficient (Wildman–Crippen LogP) is 3.17. The Morgan fingerprint density at radius 1 is 1.22 bits per heavy atom. The Morgan fingerprint density at radius 3 is 2.52 bits per heavy atom. The molecule has 1 amide bonds. The standard InChI is InChI=1S/C16H14BrNO5/c1-22-13-8-10(16(20)21)7-12(17)15(13)23-9-14(19)18-11-5-3-2-4-6-11/h2-8H,9H2,1H3,(H,18,19)(H,20,21). The Hall–Kier alpha value is -2.54. The van der Waals surface area contributed by atoms with Crippen LogP contribution in [0.15, 0.2) is 46.9 Å². The molecule has 0 fully saturated rings. The Labute approximate surface area is 141 Å². The van der Waals surface area contributed by atoms with Crippen molar-refractivity contribution in [1.29, 1.82) is 0 Å². The summed E-state index contributed by atoms with van der Waals surface area (Å²) in [6.45, 7) is -0.240. The average molecular weight is 380 g/mol. The molecule has 0 heterocycles. The Bertz CT molecular complexity index is 718. The summed E-state index contributed by atoms with van der Waals surface area (Å²) in [4.78, 5) is 22.9. The lowest BCUT2D eigenvalue weighted by molar-refractivity contribution is -0.118. The first-order valence-electron chi connectivity index (χ1n) is 6.59. The fourth-order valence-electron chi connectivity index (χ4n) is 1.84. The first-order valence-corrected chi connectivity index (χ1v) is 7.39. The smallest absolute Gasteiger partial charge is 0.335 e. The normalized spacial score (nSPS) is 10.0. The molecule has 0 aliphatic carbocycles. The van der Waals surface area contributed by atoms with E-state index in [1.807, 2.05) is 6.07 Å². The first-order chi connectivity index (χ1) is 11.0. The van der Waals surface area contributed by atoms with Gasteiger partial charge in [-0.05, 0) is 40.2 Å². The number of nitrogens with one attached hydrogen (secondary N) is 1. The van der Waals surface area contributed by atoms with Crippen molar-refractivity contribution in [2.75, 3.05) is 19.0 Å². The van der Waals surface area contributed by atoms with Crippen LogP contribution in [0.2, 0.25) is 0 Å². The number of hydrogen-bond acceptors (Lipinski definition) is 4. The number of carboxylic acids is 1. The van der Waals surface area contributed by atoms with E-state index in [-0.39, 0.29) is 29.6 Å². The number of carboxylic acid groups (broad SMARTS) is 1. The van der Waals surface area contributed by atoms with E-state index in [9.17, 15) is 9.59 Å². The van der Waals surface area contributed by atoms with Crippen molar-refractivity contribution >= 4 is 33.5 Å².